The number of nitrogens with two attached hydrogens (primary N) is 2. The van der Waals surface area contributed by atoms with E-state index in [-0.39, 0.29) is 6.54 Å². The van der Waals surface area contributed by atoms with E-state index in [0.717, 1.165) is 12.8 Å². The first-order valence-corrected chi connectivity index (χ1v) is 5.93. The molecule has 0 aromatic rings. The Bertz CT molecular complexity index is 350. The maximum absolute atomic E-state index is 12.1. The zero-order valence-corrected chi connectivity index (χ0v) is 10.1. The van der Waals surface area contributed by atoms with Crippen LogP contribution in [0.1, 0.15) is 32.1 Å². The molecule has 2 amide bonds. The second kappa shape index (κ2) is 5.81. The van der Waals surface area contributed by atoms with Crippen molar-refractivity contribution < 1.29 is 19.5 Å². The molecule has 102 valence electrons. The Morgan fingerprint density at radius 3 is 2.22 bits per heavy atom. The summed E-state index contributed by atoms with van der Waals surface area (Å²) >= 11 is 0. The third-order valence-electron chi connectivity index (χ3n) is 3.44. The highest BCUT2D eigenvalue weighted by molar-refractivity contribution is 5.90. The minimum Gasteiger partial charge on any atom is -0.480 e. The molecule has 7 heteroatoms. The zero-order valence-electron chi connectivity index (χ0n) is 10.1. The summed E-state index contributed by atoms with van der Waals surface area (Å²) in [7, 11) is 0. The van der Waals surface area contributed by atoms with Crippen LogP contribution in [-0.4, -0.2) is 35.5 Å². The van der Waals surface area contributed by atoms with E-state index in [0.29, 0.717) is 12.8 Å². The monoisotopic (exact) mass is 257 g/mol. The van der Waals surface area contributed by atoms with Crippen molar-refractivity contribution in [2.45, 2.75) is 38.1 Å². The van der Waals surface area contributed by atoms with Crippen LogP contribution < -0.4 is 16.8 Å². The van der Waals surface area contributed by atoms with Gasteiger partial charge in [-0.05, 0) is 12.8 Å². The van der Waals surface area contributed by atoms with Crippen molar-refractivity contribution in [2.24, 2.45) is 16.9 Å². The molecule has 1 fully saturated rings. The van der Waals surface area contributed by atoms with Gasteiger partial charge in [-0.3, -0.25) is 9.59 Å². The summed E-state index contributed by atoms with van der Waals surface area (Å²) in [4.78, 5) is 33.8. The number of hydrogen-bond acceptors (Lipinski definition) is 4. The lowest BCUT2D eigenvalue weighted by atomic mass is 9.85. The smallest absolute Gasteiger partial charge is 0.326 e. The van der Waals surface area contributed by atoms with Crippen molar-refractivity contribution in [1.82, 2.24) is 5.32 Å². The Kier molecular flexibility index (Phi) is 4.66. The minimum atomic E-state index is -1.28. The number of amides is 2. The molecule has 0 aromatic carbocycles. The second-order valence-corrected chi connectivity index (χ2v) is 4.73. The lowest BCUT2D eigenvalue weighted by Gasteiger charge is -2.27. The Morgan fingerprint density at radius 2 is 1.83 bits per heavy atom. The van der Waals surface area contributed by atoms with Crippen LogP contribution in [0.3, 0.4) is 0 Å². The number of primary amides is 1. The number of hydrogen-bond donors (Lipinski definition) is 4. The number of rotatable bonds is 6. The van der Waals surface area contributed by atoms with E-state index in [2.05, 4.69) is 5.32 Å². The van der Waals surface area contributed by atoms with E-state index in [1.54, 1.807) is 0 Å². The molecule has 0 heterocycles. The molecule has 0 unspecified atom stereocenters. The molecule has 1 aliphatic carbocycles. The Hall–Kier alpha value is -1.63. The van der Waals surface area contributed by atoms with Crippen molar-refractivity contribution in [3.05, 3.63) is 0 Å². The fraction of sp³-hybridized carbons (Fsp3) is 0.727. The summed E-state index contributed by atoms with van der Waals surface area (Å²) < 4.78 is 0. The van der Waals surface area contributed by atoms with E-state index >= 15 is 0 Å². The van der Waals surface area contributed by atoms with E-state index in [4.69, 9.17) is 16.6 Å². The lowest BCUT2D eigenvalue weighted by molar-refractivity contribution is -0.145. The number of carboxylic acid groups (broad SMARTS) is 1. The Morgan fingerprint density at radius 1 is 1.28 bits per heavy atom. The molecule has 0 saturated heterocycles. The fourth-order valence-corrected chi connectivity index (χ4v) is 2.29. The number of aliphatic carboxylic acids is 1. The van der Waals surface area contributed by atoms with Gasteiger partial charge in [0.15, 0.2) is 0 Å². The van der Waals surface area contributed by atoms with Crippen LogP contribution in [0.15, 0.2) is 0 Å². The highest BCUT2D eigenvalue weighted by Crippen LogP contribution is 2.37. The van der Waals surface area contributed by atoms with E-state index in [1.165, 1.54) is 0 Å². The largest absolute Gasteiger partial charge is 0.480 e. The van der Waals surface area contributed by atoms with Crippen molar-refractivity contribution >= 4 is 17.8 Å². The van der Waals surface area contributed by atoms with Crippen LogP contribution in [0.2, 0.25) is 0 Å². The molecular formula is C11H19N3O4. The van der Waals surface area contributed by atoms with Gasteiger partial charge in [-0.2, -0.15) is 0 Å². The average Bonchev–Trinajstić information content (AvgIpc) is 2.77. The SMILES string of the molecule is NCC1(C(=O)N[C@H](CC(N)=O)C(=O)O)CCCC1. The van der Waals surface area contributed by atoms with E-state index < -0.39 is 35.7 Å². The van der Waals surface area contributed by atoms with Crippen molar-refractivity contribution in [3.63, 3.8) is 0 Å². The van der Waals surface area contributed by atoms with Crippen molar-refractivity contribution in [3.8, 4) is 0 Å². The summed E-state index contributed by atoms with van der Waals surface area (Å²) in [6, 6.07) is -1.28. The molecule has 0 aliphatic heterocycles. The van der Waals surface area contributed by atoms with E-state index in [9.17, 15) is 14.4 Å². The first-order valence-electron chi connectivity index (χ1n) is 5.93. The highest BCUT2D eigenvalue weighted by Gasteiger charge is 2.41. The van der Waals surface area contributed by atoms with Gasteiger partial charge in [-0.25, -0.2) is 4.79 Å². The standard InChI is InChI=1S/C11H19N3O4/c12-6-11(3-1-2-4-11)10(18)14-7(9(16)17)5-8(13)15/h7H,1-6,12H2,(H2,13,15)(H,14,18)(H,16,17)/t7-/m1/s1. The van der Waals surface area contributed by atoms with Crippen LogP contribution in [-0.2, 0) is 14.4 Å². The minimum absolute atomic E-state index is 0.182. The molecule has 1 saturated carbocycles. The van der Waals surface area contributed by atoms with Gasteiger partial charge in [0, 0.05) is 6.54 Å². The van der Waals surface area contributed by atoms with Gasteiger partial charge in [-0.1, -0.05) is 12.8 Å². The van der Waals surface area contributed by atoms with Gasteiger partial charge in [0.25, 0.3) is 0 Å². The number of carbonyl (C=O) groups excluding carboxylic acids is 2. The molecule has 1 rings (SSSR count). The molecule has 18 heavy (non-hydrogen) atoms. The lowest BCUT2D eigenvalue weighted by Crippen LogP contribution is -2.51. The maximum Gasteiger partial charge on any atom is 0.326 e. The summed E-state index contributed by atoms with van der Waals surface area (Å²) in [6.07, 6.45) is 2.69. The molecule has 1 atom stereocenters. The zero-order chi connectivity index (χ0) is 13.8. The number of carbonyl (C=O) groups is 3. The number of carboxylic acids is 1. The first-order chi connectivity index (χ1) is 8.41. The molecule has 0 aromatic heterocycles. The molecule has 0 radical (unpaired) electrons. The Balaban J connectivity index is 2.71. The van der Waals surface area contributed by atoms with Gasteiger partial charge in [-0.15, -0.1) is 0 Å². The predicted molar refractivity (Wildman–Crippen MR) is 63.3 cm³/mol. The molecule has 0 spiro atoms. The number of nitrogens with one attached hydrogen (secondary N) is 1. The predicted octanol–water partition coefficient (Wildman–Crippen LogP) is -1.05. The van der Waals surface area contributed by atoms with Crippen molar-refractivity contribution in [1.29, 1.82) is 0 Å². The third kappa shape index (κ3) is 3.19. The van der Waals surface area contributed by atoms with Gasteiger partial charge in [0.1, 0.15) is 6.04 Å². The first kappa shape index (κ1) is 14.4. The molecule has 0 bridgehead atoms. The summed E-state index contributed by atoms with van der Waals surface area (Å²) in [5.41, 5.74) is 9.88. The Labute approximate surface area is 105 Å². The highest BCUT2D eigenvalue weighted by atomic mass is 16.4. The fourth-order valence-electron chi connectivity index (χ4n) is 2.29. The van der Waals surface area contributed by atoms with Crippen LogP contribution in [0.4, 0.5) is 0 Å². The van der Waals surface area contributed by atoms with Crippen LogP contribution in [0, 0.1) is 5.41 Å². The normalized spacial score (nSPS) is 19.2. The summed E-state index contributed by atoms with van der Waals surface area (Å²) in [6.45, 7) is 0.182. The molecule has 7 nitrogen and oxygen atoms in total. The van der Waals surface area contributed by atoms with Gasteiger partial charge >= 0.3 is 5.97 Å². The quantitative estimate of drug-likeness (QED) is 0.481. The van der Waals surface area contributed by atoms with Crippen LogP contribution in [0.5, 0.6) is 0 Å². The van der Waals surface area contributed by atoms with E-state index in [1.807, 2.05) is 0 Å². The second-order valence-electron chi connectivity index (χ2n) is 4.73. The summed E-state index contributed by atoms with van der Waals surface area (Å²) in [5, 5.41) is 11.3. The van der Waals surface area contributed by atoms with Gasteiger partial charge in [0.05, 0.1) is 11.8 Å². The molecule has 6 N–H and O–H groups in total. The third-order valence-corrected chi connectivity index (χ3v) is 3.44. The van der Waals surface area contributed by atoms with Crippen LogP contribution >= 0.6 is 0 Å². The summed E-state index contributed by atoms with van der Waals surface area (Å²) in [5.74, 6) is -2.43. The topological polar surface area (TPSA) is 136 Å². The van der Waals surface area contributed by atoms with Gasteiger partial charge in [0.2, 0.25) is 11.8 Å². The average molecular weight is 257 g/mol. The van der Waals surface area contributed by atoms with Crippen molar-refractivity contribution in [2.75, 3.05) is 6.54 Å². The molecular weight excluding hydrogens is 238 g/mol. The molecule has 1 aliphatic rings. The van der Waals surface area contributed by atoms with Crippen LogP contribution in [0.25, 0.3) is 0 Å². The van der Waals surface area contributed by atoms with Gasteiger partial charge < -0.3 is 21.9 Å². The maximum atomic E-state index is 12.1.